The monoisotopic (exact) mass is 171 g/mol. The van der Waals surface area contributed by atoms with Gasteiger partial charge in [-0.15, -0.1) is 0 Å². The van der Waals surface area contributed by atoms with Crippen molar-refractivity contribution in [3.63, 3.8) is 0 Å². The number of nitrogens with two attached hydrogens (primary N) is 1. The van der Waals surface area contributed by atoms with Gasteiger partial charge in [-0.25, -0.2) is 0 Å². The van der Waals surface area contributed by atoms with Crippen molar-refractivity contribution in [1.82, 2.24) is 0 Å². The molecule has 12 heavy (non-hydrogen) atoms. The Kier molecular flexibility index (Phi) is 3.01. The van der Waals surface area contributed by atoms with Gasteiger partial charge in [0.2, 0.25) is 0 Å². The van der Waals surface area contributed by atoms with Gasteiger partial charge in [0.1, 0.15) is 0 Å². The molecule has 0 unspecified atom stereocenters. The molecular weight excluding hydrogens is 146 g/mol. The van der Waals surface area contributed by atoms with Crippen LogP contribution in [0.15, 0.2) is 0 Å². The molecule has 0 aliphatic heterocycles. The third kappa shape index (κ3) is 1.82. The molecule has 0 atom stereocenters. The molecular formula is C11H25N. The van der Waals surface area contributed by atoms with E-state index in [0.29, 0.717) is 0 Å². The summed E-state index contributed by atoms with van der Waals surface area (Å²) in [7, 11) is 0. The first kappa shape index (κ1) is 12.0. The standard InChI is InChI=1S/C11H25N/c1-8-11(12,9(2,3)4)10(5,6)7/h8,12H2,1-7H3. The highest BCUT2D eigenvalue weighted by atomic mass is 14.8. The Balaban J connectivity index is 4.95. The first-order chi connectivity index (χ1) is 5.06. The summed E-state index contributed by atoms with van der Waals surface area (Å²) in [5, 5.41) is 0. The smallest absolute Gasteiger partial charge is 0.0249 e. The molecule has 0 aromatic rings. The summed E-state index contributed by atoms with van der Waals surface area (Å²) >= 11 is 0. The predicted octanol–water partition coefficient (Wildman–Crippen LogP) is 3.19. The summed E-state index contributed by atoms with van der Waals surface area (Å²) in [6, 6.07) is 0. The van der Waals surface area contributed by atoms with E-state index in [1.165, 1.54) is 0 Å². The lowest BCUT2D eigenvalue weighted by molar-refractivity contribution is 0.0558. The second-order valence-corrected chi connectivity index (χ2v) is 5.82. The van der Waals surface area contributed by atoms with Crippen LogP contribution in [0, 0.1) is 10.8 Å². The highest BCUT2D eigenvalue weighted by Crippen LogP contribution is 2.43. The average molecular weight is 171 g/mol. The van der Waals surface area contributed by atoms with Crippen LogP contribution in [0.4, 0.5) is 0 Å². The molecule has 0 fully saturated rings. The van der Waals surface area contributed by atoms with Crippen LogP contribution in [0.1, 0.15) is 54.9 Å². The average Bonchev–Trinajstić information content (AvgIpc) is 1.81. The SMILES string of the molecule is CCC(N)(C(C)(C)C)C(C)(C)C. The van der Waals surface area contributed by atoms with E-state index >= 15 is 0 Å². The summed E-state index contributed by atoms with van der Waals surface area (Å²) in [4.78, 5) is 0. The normalized spacial score (nSPS) is 15.0. The predicted molar refractivity (Wildman–Crippen MR) is 56.1 cm³/mol. The molecule has 0 amide bonds. The Morgan fingerprint density at radius 3 is 1.08 bits per heavy atom. The minimum atomic E-state index is -0.0833. The maximum Gasteiger partial charge on any atom is 0.0249 e. The molecule has 1 nitrogen and oxygen atoms in total. The summed E-state index contributed by atoms with van der Waals surface area (Å²) in [6.45, 7) is 15.5. The maximum atomic E-state index is 6.45. The Labute approximate surface area is 77.7 Å². The van der Waals surface area contributed by atoms with Gasteiger partial charge < -0.3 is 5.73 Å². The summed E-state index contributed by atoms with van der Waals surface area (Å²) < 4.78 is 0. The lowest BCUT2D eigenvalue weighted by Gasteiger charge is -2.50. The van der Waals surface area contributed by atoms with Crippen molar-refractivity contribution >= 4 is 0 Å². The van der Waals surface area contributed by atoms with Gasteiger partial charge in [-0.1, -0.05) is 48.5 Å². The first-order valence-electron chi connectivity index (χ1n) is 4.85. The van der Waals surface area contributed by atoms with Crippen molar-refractivity contribution in [1.29, 1.82) is 0 Å². The molecule has 0 saturated carbocycles. The minimum absolute atomic E-state index is 0.0833. The number of hydrogen-bond donors (Lipinski definition) is 1. The van der Waals surface area contributed by atoms with Crippen LogP contribution in [0.25, 0.3) is 0 Å². The van der Waals surface area contributed by atoms with E-state index in [9.17, 15) is 0 Å². The highest BCUT2D eigenvalue weighted by Gasteiger charge is 2.45. The molecule has 0 saturated heterocycles. The quantitative estimate of drug-likeness (QED) is 0.644. The van der Waals surface area contributed by atoms with Gasteiger partial charge in [0.25, 0.3) is 0 Å². The van der Waals surface area contributed by atoms with Crippen molar-refractivity contribution in [2.24, 2.45) is 16.6 Å². The molecule has 0 bridgehead atoms. The van der Waals surface area contributed by atoms with E-state index in [-0.39, 0.29) is 16.4 Å². The summed E-state index contributed by atoms with van der Waals surface area (Å²) in [5.74, 6) is 0. The van der Waals surface area contributed by atoms with Gasteiger partial charge >= 0.3 is 0 Å². The minimum Gasteiger partial charge on any atom is -0.324 e. The van der Waals surface area contributed by atoms with Gasteiger partial charge in [-0.3, -0.25) is 0 Å². The zero-order chi connectivity index (χ0) is 10.2. The number of rotatable bonds is 1. The Hall–Kier alpha value is -0.0400. The van der Waals surface area contributed by atoms with Crippen LogP contribution in [0.2, 0.25) is 0 Å². The summed E-state index contributed by atoms with van der Waals surface area (Å²) in [6.07, 6.45) is 1.03. The molecule has 0 aromatic heterocycles. The molecule has 74 valence electrons. The second-order valence-electron chi connectivity index (χ2n) is 5.82. The third-order valence-corrected chi connectivity index (χ3v) is 3.23. The molecule has 0 heterocycles. The molecule has 0 spiro atoms. The molecule has 2 N–H and O–H groups in total. The van der Waals surface area contributed by atoms with Crippen LogP contribution < -0.4 is 5.73 Å². The molecule has 0 aliphatic rings. The Morgan fingerprint density at radius 1 is 0.833 bits per heavy atom. The van der Waals surface area contributed by atoms with Crippen molar-refractivity contribution < 1.29 is 0 Å². The topological polar surface area (TPSA) is 26.0 Å². The second kappa shape index (κ2) is 3.02. The van der Waals surface area contributed by atoms with E-state index in [0.717, 1.165) is 6.42 Å². The zero-order valence-electron chi connectivity index (χ0n) is 9.78. The molecule has 0 radical (unpaired) electrons. The van der Waals surface area contributed by atoms with Crippen molar-refractivity contribution in [3.05, 3.63) is 0 Å². The molecule has 0 aromatic carbocycles. The van der Waals surface area contributed by atoms with Gasteiger partial charge in [0.15, 0.2) is 0 Å². The first-order valence-corrected chi connectivity index (χ1v) is 4.85. The van der Waals surface area contributed by atoms with Gasteiger partial charge in [-0.2, -0.15) is 0 Å². The fourth-order valence-electron chi connectivity index (χ4n) is 2.19. The van der Waals surface area contributed by atoms with Crippen LogP contribution in [-0.4, -0.2) is 5.54 Å². The highest BCUT2D eigenvalue weighted by molar-refractivity contribution is 5.02. The van der Waals surface area contributed by atoms with E-state index in [4.69, 9.17) is 5.73 Å². The van der Waals surface area contributed by atoms with E-state index in [1.54, 1.807) is 0 Å². The van der Waals surface area contributed by atoms with Gasteiger partial charge in [-0.05, 0) is 17.3 Å². The molecule has 0 aliphatic carbocycles. The summed E-state index contributed by atoms with van der Waals surface area (Å²) in [5.41, 5.74) is 6.70. The fourth-order valence-corrected chi connectivity index (χ4v) is 2.19. The zero-order valence-corrected chi connectivity index (χ0v) is 9.78. The van der Waals surface area contributed by atoms with Gasteiger partial charge in [0, 0.05) is 5.54 Å². The lowest BCUT2D eigenvalue weighted by atomic mass is 9.59. The fraction of sp³-hybridized carbons (Fsp3) is 1.00. The van der Waals surface area contributed by atoms with E-state index in [1.807, 2.05) is 0 Å². The third-order valence-electron chi connectivity index (χ3n) is 3.23. The largest absolute Gasteiger partial charge is 0.324 e. The number of hydrogen-bond acceptors (Lipinski definition) is 1. The van der Waals surface area contributed by atoms with E-state index < -0.39 is 0 Å². The van der Waals surface area contributed by atoms with Crippen LogP contribution >= 0.6 is 0 Å². The van der Waals surface area contributed by atoms with Crippen LogP contribution in [0.3, 0.4) is 0 Å². The van der Waals surface area contributed by atoms with Crippen molar-refractivity contribution in [2.45, 2.75) is 60.4 Å². The van der Waals surface area contributed by atoms with Gasteiger partial charge in [0.05, 0.1) is 0 Å². The van der Waals surface area contributed by atoms with Crippen molar-refractivity contribution in [2.75, 3.05) is 0 Å². The lowest BCUT2D eigenvalue weighted by Crippen LogP contribution is -2.59. The Morgan fingerprint density at radius 2 is 1.08 bits per heavy atom. The van der Waals surface area contributed by atoms with Crippen molar-refractivity contribution in [3.8, 4) is 0 Å². The van der Waals surface area contributed by atoms with Crippen LogP contribution in [0.5, 0.6) is 0 Å². The van der Waals surface area contributed by atoms with E-state index in [2.05, 4.69) is 48.5 Å². The maximum absolute atomic E-state index is 6.45. The Bertz CT molecular complexity index is 131. The van der Waals surface area contributed by atoms with Crippen LogP contribution in [-0.2, 0) is 0 Å². The molecule has 1 heteroatoms. The molecule has 0 rings (SSSR count).